The van der Waals surface area contributed by atoms with Crippen LogP contribution in [-0.2, 0) is 6.18 Å². The number of fused-ring (bicyclic) bond motifs is 1. The summed E-state index contributed by atoms with van der Waals surface area (Å²) in [5, 5.41) is 1.89. The van der Waals surface area contributed by atoms with Crippen LogP contribution in [0.15, 0.2) is 53.9 Å². The molecule has 1 amide bonds. The molecular formula is C21H17F3N2O3S. The fourth-order valence-corrected chi connectivity index (χ4v) is 3.86. The van der Waals surface area contributed by atoms with Gasteiger partial charge in [-0.25, -0.2) is 4.98 Å². The minimum atomic E-state index is -4.44. The van der Waals surface area contributed by atoms with E-state index in [1.807, 2.05) is 18.2 Å². The van der Waals surface area contributed by atoms with Crippen LogP contribution < -0.4 is 9.47 Å². The van der Waals surface area contributed by atoms with Gasteiger partial charge in [-0.2, -0.15) is 13.2 Å². The first-order chi connectivity index (χ1) is 14.3. The van der Waals surface area contributed by atoms with Crippen molar-refractivity contribution in [3.05, 3.63) is 65.2 Å². The molecule has 0 N–H and O–H groups in total. The number of aromatic nitrogens is 1. The maximum Gasteiger partial charge on any atom is 0.416 e. The number of carbonyl (C=O) groups is 1. The van der Waals surface area contributed by atoms with Crippen molar-refractivity contribution in [2.24, 2.45) is 0 Å². The van der Waals surface area contributed by atoms with Gasteiger partial charge in [0.15, 0.2) is 17.6 Å². The predicted octanol–water partition coefficient (Wildman–Crippen LogP) is 4.74. The van der Waals surface area contributed by atoms with Crippen molar-refractivity contribution in [1.29, 1.82) is 0 Å². The second kappa shape index (κ2) is 7.98. The van der Waals surface area contributed by atoms with Gasteiger partial charge in [0.1, 0.15) is 17.3 Å². The zero-order valence-electron chi connectivity index (χ0n) is 15.8. The lowest BCUT2D eigenvalue weighted by Gasteiger charge is -2.29. The zero-order valence-corrected chi connectivity index (χ0v) is 16.7. The molecule has 30 heavy (non-hydrogen) atoms. The molecule has 3 aromatic rings. The van der Waals surface area contributed by atoms with Gasteiger partial charge in [0.05, 0.1) is 12.1 Å². The van der Waals surface area contributed by atoms with Crippen molar-refractivity contribution in [1.82, 2.24) is 9.88 Å². The Morgan fingerprint density at radius 3 is 2.73 bits per heavy atom. The highest BCUT2D eigenvalue weighted by Crippen LogP contribution is 2.33. The van der Waals surface area contributed by atoms with Crippen LogP contribution in [0.2, 0.25) is 0 Å². The SMILES string of the molecule is CN(CC1COc2ccccc2O1)C(=O)c1csc(-c2cccc(C(F)(F)F)c2)n1. The lowest BCUT2D eigenvalue weighted by molar-refractivity contribution is -0.137. The number of alkyl halides is 3. The van der Waals surface area contributed by atoms with Crippen molar-refractivity contribution in [2.45, 2.75) is 12.3 Å². The Kier molecular flexibility index (Phi) is 5.38. The van der Waals surface area contributed by atoms with Crippen LogP contribution in [-0.4, -0.2) is 42.1 Å². The third-order valence-corrected chi connectivity index (χ3v) is 5.44. The molecule has 1 unspecified atom stereocenters. The van der Waals surface area contributed by atoms with Gasteiger partial charge >= 0.3 is 6.18 Å². The van der Waals surface area contributed by atoms with E-state index in [1.54, 1.807) is 18.5 Å². The van der Waals surface area contributed by atoms with E-state index in [0.29, 0.717) is 28.7 Å². The maximum absolute atomic E-state index is 12.9. The van der Waals surface area contributed by atoms with Crippen LogP contribution >= 0.6 is 11.3 Å². The molecule has 0 fully saturated rings. The Balaban J connectivity index is 1.44. The Morgan fingerprint density at radius 2 is 1.97 bits per heavy atom. The van der Waals surface area contributed by atoms with Gasteiger partial charge < -0.3 is 14.4 Å². The molecule has 9 heteroatoms. The van der Waals surface area contributed by atoms with Gasteiger partial charge in [0.25, 0.3) is 5.91 Å². The van der Waals surface area contributed by atoms with Crippen LogP contribution in [0.25, 0.3) is 10.6 Å². The lowest BCUT2D eigenvalue weighted by Crippen LogP contribution is -2.41. The Hall–Kier alpha value is -3.07. The average molecular weight is 434 g/mol. The summed E-state index contributed by atoms with van der Waals surface area (Å²) in [5.41, 5.74) is -0.265. The smallest absolute Gasteiger partial charge is 0.416 e. The molecule has 2 heterocycles. The maximum atomic E-state index is 12.9. The molecule has 2 aromatic carbocycles. The Morgan fingerprint density at radius 1 is 1.20 bits per heavy atom. The summed E-state index contributed by atoms with van der Waals surface area (Å²) in [7, 11) is 1.62. The van der Waals surface area contributed by atoms with E-state index in [0.717, 1.165) is 23.5 Å². The first-order valence-electron chi connectivity index (χ1n) is 9.08. The molecule has 5 nitrogen and oxygen atoms in total. The molecule has 0 saturated carbocycles. The number of benzene rings is 2. The number of ether oxygens (including phenoxy) is 2. The van der Waals surface area contributed by atoms with Gasteiger partial charge in [-0.05, 0) is 24.3 Å². The molecule has 1 aliphatic rings. The third kappa shape index (κ3) is 4.25. The Bertz CT molecular complexity index is 1070. The van der Waals surface area contributed by atoms with Crippen LogP contribution in [0.1, 0.15) is 16.1 Å². The molecule has 0 radical (unpaired) electrons. The summed E-state index contributed by atoms with van der Waals surface area (Å²) in [6, 6.07) is 12.2. The number of likely N-dealkylation sites (N-methyl/N-ethyl adjacent to an activating group) is 1. The van der Waals surface area contributed by atoms with E-state index in [1.165, 1.54) is 17.0 Å². The Labute approximate surface area is 174 Å². The summed E-state index contributed by atoms with van der Waals surface area (Å²) >= 11 is 1.12. The van der Waals surface area contributed by atoms with Crippen molar-refractivity contribution < 1.29 is 27.4 Å². The standard InChI is InChI=1S/C21H17F3N2O3S/c1-26(10-15-11-28-17-7-2-3-8-18(17)29-15)20(27)16-12-30-19(25-16)13-5-4-6-14(9-13)21(22,23)24/h2-9,12,15H,10-11H2,1H3. The summed E-state index contributed by atoms with van der Waals surface area (Å²) < 4.78 is 50.3. The van der Waals surface area contributed by atoms with E-state index >= 15 is 0 Å². The van der Waals surface area contributed by atoms with E-state index < -0.39 is 11.7 Å². The molecule has 0 saturated heterocycles. The third-order valence-electron chi connectivity index (χ3n) is 4.55. The van der Waals surface area contributed by atoms with Gasteiger partial charge in [-0.3, -0.25) is 4.79 Å². The highest BCUT2D eigenvalue weighted by molar-refractivity contribution is 7.13. The molecule has 0 bridgehead atoms. The molecule has 0 spiro atoms. The summed E-state index contributed by atoms with van der Waals surface area (Å²) in [5.74, 6) is 0.940. The largest absolute Gasteiger partial charge is 0.486 e. The molecule has 0 aliphatic carbocycles. The van der Waals surface area contributed by atoms with E-state index in [9.17, 15) is 18.0 Å². The first-order valence-corrected chi connectivity index (χ1v) is 9.96. The predicted molar refractivity (Wildman–Crippen MR) is 106 cm³/mol. The van der Waals surface area contributed by atoms with Gasteiger partial charge in [0, 0.05) is 18.0 Å². The average Bonchev–Trinajstić information content (AvgIpc) is 3.23. The second-order valence-corrected chi connectivity index (χ2v) is 7.66. The highest BCUT2D eigenvalue weighted by atomic mass is 32.1. The fourth-order valence-electron chi connectivity index (χ4n) is 3.07. The van der Waals surface area contributed by atoms with E-state index in [-0.39, 0.29) is 24.2 Å². The van der Waals surface area contributed by atoms with E-state index in [4.69, 9.17) is 9.47 Å². The lowest BCUT2D eigenvalue weighted by atomic mass is 10.1. The molecule has 1 aromatic heterocycles. The molecule has 1 atom stereocenters. The van der Waals surface area contributed by atoms with Gasteiger partial charge in [-0.15, -0.1) is 11.3 Å². The number of hydrogen-bond donors (Lipinski definition) is 0. The van der Waals surface area contributed by atoms with Crippen LogP contribution in [0.4, 0.5) is 13.2 Å². The topological polar surface area (TPSA) is 51.7 Å². The number of carbonyl (C=O) groups excluding carboxylic acids is 1. The van der Waals surface area contributed by atoms with Crippen LogP contribution in [0, 0.1) is 0 Å². The van der Waals surface area contributed by atoms with Crippen molar-refractivity contribution in [3.8, 4) is 22.1 Å². The fraction of sp³-hybridized carbons (Fsp3) is 0.238. The zero-order chi connectivity index (χ0) is 21.3. The number of nitrogens with zero attached hydrogens (tertiary/aromatic N) is 2. The molecule has 4 rings (SSSR count). The van der Waals surface area contributed by atoms with Gasteiger partial charge in [-0.1, -0.05) is 24.3 Å². The van der Waals surface area contributed by atoms with Gasteiger partial charge in [0.2, 0.25) is 0 Å². The van der Waals surface area contributed by atoms with Crippen molar-refractivity contribution in [2.75, 3.05) is 20.2 Å². The second-order valence-electron chi connectivity index (χ2n) is 6.80. The molecular weight excluding hydrogens is 417 g/mol. The minimum absolute atomic E-state index is 0.173. The monoisotopic (exact) mass is 434 g/mol. The number of para-hydroxylation sites is 2. The number of hydrogen-bond acceptors (Lipinski definition) is 5. The summed E-state index contributed by atoms with van der Waals surface area (Å²) in [6.07, 6.45) is -4.78. The number of rotatable bonds is 4. The van der Waals surface area contributed by atoms with E-state index in [2.05, 4.69) is 4.98 Å². The number of amides is 1. The normalized spacial score (nSPS) is 15.7. The molecule has 1 aliphatic heterocycles. The number of thiazole rings is 1. The quantitative estimate of drug-likeness (QED) is 0.595. The minimum Gasteiger partial charge on any atom is -0.486 e. The van der Waals surface area contributed by atoms with Crippen LogP contribution in [0.5, 0.6) is 11.5 Å². The first kappa shape index (κ1) is 20.2. The van der Waals surface area contributed by atoms with Crippen molar-refractivity contribution in [3.63, 3.8) is 0 Å². The van der Waals surface area contributed by atoms with Crippen LogP contribution in [0.3, 0.4) is 0 Å². The van der Waals surface area contributed by atoms with Crippen molar-refractivity contribution >= 4 is 17.2 Å². The summed E-state index contributed by atoms with van der Waals surface area (Å²) in [4.78, 5) is 18.4. The summed E-state index contributed by atoms with van der Waals surface area (Å²) in [6.45, 7) is 0.588. The molecule has 156 valence electrons. The highest BCUT2D eigenvalue weighted by Gasteiger charge is 2.31. The number of halogens is 3.